The zero-order valence-corrected chi connectivity index (χ0v) is 15.7. The highest BCUT2D eigenvalue weighted by Gasteiger charge is 2.35. The Kier molecular flexibility index (Phi) is 5.36. The quantitative estimate of drug-likeness (QED) is 0.809. The van der Waals surface area contributed by atoms with Crippen LogP contribution in [0.4, 0.5) is 5.69 Å². The van der Waals surface area contributed by atoms with Gasteiger partial charge in [-0.3, -0.25) is 0 Å². The van der Waals surface area contributed by atoms with Crippen LogP contribution in [0.1, 0.15) is 12.5 Å². The lowest BCUT2D eigenvalue weighted by atomic mass is 10.1. The Balaban J connectivity index is 1.68. The summed E-state index contributed by atoms with van der Waals surface area (Å²) in [4.78, 5) is 2.17. The van der Waals surface area contributed by atoms with Gasteiger partial charge in [-0.25, -0.2) is 0 Å². The van der Waals surface area contributed by atoms with Crippen molar-refractivity contribution < 1.29 is 13.2 Å². The van der Waals surface area contributed by atoms with Gasteiger partial charge in [-0.15, -0.1) is 0 Å². The van der Waals surface area contributed by atoms with E-state index in [0.29, 0.717) is 50.9 Å². The fourth-order valence-electron chi connectivity index (χ4n) is 3.33. The molecule has 0 spiro atoms. The molecule has 3 rings (SSSR count). The van der Waals surface area contributed by atoms with Crippen LogP contribution >= 0.6 is 11.6 Å². The zero-order chi connectivity index (χ0) is 17.3. The van der Waals surface area contributed by atoms with Crippen LogP contribution in [-0.4, -0.2) is 69.0 Å². The molecule has 0 saturated carbocycles. The standard InChI is InChI=1S/C16H24ClN3O3S/c1-13-4-3-5-15(17)16(13)18-6-8-19(9-7-18)24(21,22)20-10-11-23-14(2)12-20/h3-5,14H,6-12H2,1-2H3. The van der Waals surface area contributed by atoms with E-state index < -0.39 is 10.2 Å². The van der Waals surface area contributed by atoms with Gasteiger partial charge in [0.15, 0.2) is 0 Å². The normalized spacial score (nSPS) is 24.3. The molecular weight excluding hydrogens is 350 g/mol. The number of rotatable bonds is 3. The van der Waals surface area contributed by atoms with E-state index in [4.69, 9.17) is 16.3 Å². The van der Waals surface area contributed by atoms with Gasteiger partial charge in [-0.05, 0) is 25.5 Å². The SMILES string of the molecule is Cc1cccc(Cl)c1N1CCN(S(=O)(=O)N2CCOC(C)C2)CC1. The number of benzene rings is 1. The molecule has 6 nitrogen and oxygen atoms in total. The van der Waals surface area contributed by atoms with Gasteiger partial charge < -0.3 is 9.64 Å². The number of morpholine rings is 1. The largest absolute Gasteiger partial charge is 0.376 e. The molecule has 0 bridgehead atoms. The summed E-state index contributed by atoms with van der Waals surface area (Å²) in [6.07, 6.45) is -0.0550. The Bertz CT molecular complexity index is 670. The third-order valence-electron chi connectivity index (χ3n) is 4.60. The third kappa shape index (κ3) is 3.55. The number of piperazine rings is 1. The van der Waals surface area contributed by atoms with E-state index in [-0.39, 0.29) is 6.10 Å². The van der Waals surface area contributed by atoms with Crippen LogP contribution in [0.5, 0.6) is 0 Å². The van der Waals surface area contributed by atoms with Gasteiger partial charge in [-0.1, -0.05) is 23.7 Å². The van der Waals surface area contributed by atoms with E-state index >= 15 is 0 Å². The van der Waals surface area contributed by atoms with Gasteiger partial charge in [0.25, 0.3) is 10.2 Å². The van der Waals surface area contributed by atoms with Crippen molar-refractivity contribution >= 4 is 27.5 Å². The summed E-state index contributed by atoms with van der Waals surface area (Å²) in [6.45, 7) is 7.46. The fourth-order valence-corrected chi connectivity index (χ4v) is 5.32. The number of halogens is 1. The van der Waals surface area contributed by atoms with Crippen molar-refractivity contribution in [3.63, 3.8) is 0 Å². The molecule has 2 saturated heterocycles. The van der Waals surface area contributed by atoms with Gasteiger partial charge in [0.05, 0.1) is 23.4 Å². The van der Waals surface area contributed by atoms with Crippen molar-refractivity contribution in [2.24, 2.45) is 0 Å². The average molecular weight is 374 g/mol. The average Bonchev–Trinajstić information content (AvgIpc) is 2.55. The third-order valence-corrected chi connectivity index (χ3v) is 6.91. The lowest BCUT2D eigenvalue weighted by molar-refractivity contribution is 0.00821. The van der Waals surface area contributed by atoms with E-state index in [2.05, 4.69) is 4.90 Å². The fraction of sp³-hybridized carbons (Fsp3) is 0.625. The summed E-state index contributed by atoms with van der Waals surface area (Å²) < 4.78 is 34.2. The number of nitrogens with zero attached hydrogens (tertiary/aromatic N) is 3. The van der Waals surface area contributed by atoms with Crippen LogP contribution in [0.3, 0.4) is 0 Å². The van der Waals surface area contributed by atoms with Crippen molar-refractivity contribution in [1.29, 1.82) is 0 Å². The van der Waals surface area contributed by atoms with Gasteiger partial charge in [0.2, 0.25) is 0 Å². The lowest BCUT2D eigenvalue weighted by Gasteiger charge is -2.40. The minimum atomic E-state index is -3.42. The highest BCUT2D eigenvalue weighted by Crippen LogP contribution is 2.30. The number of para-hydroxylation sites is 1. The minimum Gasteiger partial charge on any atom is -0.376 e. The second-order valence-corrected chi connectivity index (χ2v) is 8.67. The second kappa shape index (κ2) is 7.17. The molecule has 8 heteroatoms. The van der Waals surface area contributed by atoms with Crippen LogP contribution in [0.15, 0.2) is 18.2 Å². The maximum absolute atomic E-state index is 12.8. The van der Waals surface area contributed by atoms with Crippen molar-refractivity contribution in [3.05, 3.63) is 28.8 Å². The maximum atomic E-state index is 12.8. The highest BCUT2D eigenvalue weighted by molar-refractivity contribution is 7.86. The van der Waals surface area contributed by atoms with Crippen molar-refractivity contribution in [1.82, 2.24) is 8.61 Å². The molecule has 0 aliphatic carbocycles. The molecule has 1 aromatic rings. The molecule has 1 unspecified atom stereocenters. The summed E-state index contributed by atoms with van der Waals surface area (Å²) in [6, 6.07) is 5.84. The summed E-state index contributed by atoms with van der Waals surface area (Å²) in [5, 5.41) is 0.716. The van der Waals surface area contributed by atoms with Gasteiger partial charge in [0, 0.05) is 39.3 Å². The Morgan fingerprint density at radius 1 is 1.12 bits per heavy atom. The highest BCUT2D eigenvalue weighted by atomic mass is 35.5. The van der Waals surface area contributed by atoms with Crippen LogP contribution in [0.25, 0.3) is 0 Å². The topological polar surface area (TPSA) is 53.1 Å². The zero-order valence-electron chi connectivity index (χ0n) is 14.1. The first-order chi connectivity index (χ1) is 11.4. The molecule has 2 fully saturated rings. The molecule has 2 aliphatic heterocycles. The molecule has 0 aromatic heterocycles. The van der Waals surface area contributed by atoms with E-state index in [1.807, 2.05) is 32.0 Å². The number of hydrogen-bond acceptors (Lipinski definition) is 4. The molecule has 0 radical (unpaired) electrons. The van der Waals surface area contributed by atoms with Crippen molar-refractivity contribution in [2.45, 2.75) is 20.0 Å². The first kappa shape index (κ1) is 17.9. The summed E-state index contributed by atoms with van der Waals surface area (Å²) in [5.74, 6) is 0. The maximum Gasteiger partial charge on any atom is 0.282 e. The molecule has 2 heterocycles. The molecule has 0 amide bonds. The summed E-state index contributed by atoms with van der Waals surface area (Å²) in [5.41, 5.74) is 2.12. The summed E-state index contributed by atoms with van der Waals surface area (Å²) in [7, 11) is -3.42. The molecule has 1 atom stereocenters. The molecular formula is C16H24ClN3O3S. The van der Waals surface area contributed by atoms with E-state index in [1.54, 1.807) is 4.31 Å². The second-order valence-electron chi connectivity index (χ2n) is 6.34. The smallest absolute Gasteiger partial charge is 0.282 e. The number of hydrogen-bond donors (Lipinski definition) is 0. The Labute approximate surface area is 149 Å². The van der Waals surface area contributed by atoms with Crippen molar-refractivity contribution in [2.75, 3.05) is 50.8 Å². The monoisotopic (exact) mass is 373 g/mol. The van der Waals surface area contributed by atoms with E-state index in [9.17, 15) is 8.42 Å². The molecule has 0 N–H and O–H groups in total. The Morgan fingerprint density at radius 3 is 2.46 bits per heavy atom. The predicted molar refractivity (Wildman–Crippen MR) is 95.9 cm³/mol. The van der Waals surface area contributed by atoms with Gasteiger partial charge in [-0.2, -0.15) is 17.0 Å². The summed E-state index contributed by atoms with van der Waals surface area (Å²) >= 11 is 6.33. The number of anilines is 1. The molecule has 2 aliphatic rings. The molecule has 24 heavy (non-hydrogen) atoms. The first-order valence-electron chi connectivity index (χ1n) is 8.26. The minimum absolute atomic E-state index is 0.0550. The number of ether oxygens (including phenoxy) is 1. The van der Waals surface area contributed by atoms with Crippen LogP contribution < -0.4 is 4.90 Å². The number of aryl methyl sites for hydroxylation is 1. The Morgan fingerprint density at radius 2 is 1.83 bits per heavy atom. The predicted octanol–water partition coefficient (Wildman–Crippen LogP) is 1.74. The van der Waals surface area contributed by atoms with Crippen molar-refractivity contribution in [3.8, 4) is 0 Å². The molecule has 1 aromatic carbocycles. The lowest BCUT2D eigenvalue weighted by Crippen LogP contribution is -2.56. The molecule has 134 valence electrons. The van der Waals surface area contributed by atoms with E-state index in [1.165, 1.54) is 4.31 Å². The van der Waals surface area contributed by atoms with E-state index in [0.717, 1.165) is 11.3 Å². The Hall–Kier alpha value is -0.860. The van der Waals surface area contributed by atoms with Crippen LogP contribution in [0, 0.1) is 6.92 Å². The van der Waals surface area contributed by atoms with Crippen LogP contribution in [-0.2, 0) is 14.9 Å². The van der Waals surface area contributed by atoms with Gasteiger partial charge >= 0.3 is 0 Å². The first-order valence-corrected chi connectivity index (χ1v) is 10.0. The van der Waals surface area contributed by atoms with Gasteiger partial charge in [0.1, 0.15) is 0 Å². The van der Waals surface area contributed by atoms with Crippen LogP contribution in [0.2, 0.25) is 5.02 Å².